The highest BCUT2D eigenvalue weighted by Gasteiger charge is 2.23. The standard InChI is InChI=1S/C64H39NO/c1-3-18-40(19-4-1)60-47-23-7-9-25-49(47)62(50-26-10-8-24-48(50)60)42-35-37-46-55-31-17-32-56(64(55)66-59(46)39-42)63-53-29-13-11-27-51(53)61(52-28-12-14-30-54(52)63)41-34-36-45-44-22-15-16-33-57(44)65(58(45)38-41)43-20-5-2-6-21-43/h1-39H. The number of hydrogen-bond acceptors (Lipinski definition) is 1. The van der Waals surface area contributed by atoms with Gasteiger partial charge in [0.25, 0.3) is 0 Å². The maximum Gasteiger partial charge on any atom is 0.143 e. The Hall–Kier alpha value is -8.72. The van der Waals surface area contributed by atoms with E-state index < -0.39 is 0 Å². The molecule has 0 aliphatic heterocycles. The van der Waals surface area contributed by atoms with E-state index in [9.17, 15) is 0 Å². The van der Waals surface area contributed by atoms with Crippen LogP contribution in [0.2, 0.25) is 0 Å². The largest absolute Gasteiger partial charge is 0.455 e. The summed E-state index contributed by atoms with van der Waals surface area (Å²) in [6, 6.07) is 86.3. The van der Waals surface area contributed by atoms with Gasteiger partial charge in [-0.3, -0.25) is 0 Å². The van der Waals surface area contributed by atoms with Crippen LogP contribution in [0.5, 0.6) is 0 Å². The highest BCUT2D eigenvalue weighted by Crippen LogP contribution is 2.49. The van der Waals surface area contributed by atoms with Crippen LogP contribution in [0.25, 0.3) is 137 Å². The van der Waals surface area contributed by atoms with Crippen molar-refractivity contribution < 1.29 is 4.42 Å². The molecule has 0 amide bonds. The Morgan fingerprint density at radius 1 is 0.258 bits per heavy atom. The highest BCUT2D eigenvalue weighted by molar-refractivity contribution is 6.26. The molecule has 66 heavy (non-hydrogen) atoms. The van der Waals surface area contributed by atoms with Gasteiger partial charge < -0.3 is 8.98 Å². The molecule has 14 rings (SSSR count). The van der Waals surface area contributed by atoms with E-state index in [1.807, 2.05) is 0 Å². The van der Waals surface area contributed by atoms with E-state index >= 15 is 0 Å². The molecule has 0 aliphatic rings. The average molecular weight is 838 g/mol. The van der Waals surface area contributed by atoms with Crippen LogP contribution in [0.4, 0.5) is 0 Å². The second kappa shape index (κ2) is 14.4. The predicted molar refractivity (Wildman–Crippen MR) is 280 cm³/mol. The molecule has 0 unspecified atom stereocenters. The first-order valence-corrected chi connectivity index (χ1v) is 22.8. The fourth-order valence-electron chi connectivity index (χ4n) is 11.2. The van der Waals surface area contributed by atoms with Crippen molar-refractivity contribution in [3.05, 3.63) is 237 Å². The summed E-state index contributed by atoms with van der Waals surface area (Å²) in [7, 11) is 0. The summed E-state index contributed by atoms with van der Waals surface area (Å²) in [6.45, 7) is 0. The molecule has 2 aromatic heterocycles. The Bertz CT molecular complexity index is 4160. The number of rotatable bonds is 5. The molecule has 306 valence electrons. The van der Waals surface area contributed by atoms with Gasteiger partial charge in [0.05, 0.1) is 11.0 Å². The van der Waals surface area contributed by atoms with E-state index in [1.54, 1.807) is 0 Å². The quantitative estimate of drug-likeness (QED) is 0.158. The number of para-hydroxylation sites is 3. The van der Waals surface area contributed by atoms with Crippen molar-refractivity contribution in [3.8, 4) is 50.2 Å². The van der Waals surface area contributed by atoms with Crippen LogP contribution in [0.3, 0.4) is 0 Å². The van der Waals surface area contributed by atoms with Gasteiger partial charge >= 0.3 is 0 Å². The number of hydrogen-bond donors (Lipinski definition) is 0. The number of benzene rings is 12. The zero-order valence-corrected chi connectivity index (χ0v) is 35.9. The van der Waals surface area contributed by atoms with Crippen molar-refractivity contribution in [2.45, 2.75) is 0 Å². The number of furan rings is 1. The van der Waals surface area contributed by atoms with E-state index in [4.69, 9.17) is 4.42 Å². The summed E-state index contributed by atoms with van der Waals surface area (Å²) in [6.07, 6.45) is 0. The van der Waals surface area contributed by atoms with Crippen molar-refractivity contribution >= 4 is 86.8 Å². The maximum atomic E-state index is 7.16. The number of fused-ring (bicyclic) bond motifs is 10. The molecule has 14 aromatic rings. The van der Waals surface area contributed by atoms with E-state index in [0.29, 0.717) is 0 Å². The third-order valence-electron chi connectivity index (χ3n) is 14.0. The number of aromatic nitrogens is 1. The molecule has 0 N–H and O–H groups in total. The smallest absolute Gasteiger partial charge is 0.143 e. The second-order valence-electron chi connectivity index (χ2n) is 17.5. The minimum absolute atomic E-state index is 0.877. The molecule has 0 aliphatic carbocycles. The maximum absolute atomic E-state index is 7.16. The van der Waals surface area contributed by atoms with Crippen LogP contribution >= 0.6 is 0 Å². The SMILES string of the molecule is c1ccc(-c2c3ccccc3c(-c3ccc4c(c3)oc3c(-c5c6ccccc6c(-c6ccc7c8ccccc8n(-c8ccccc8)c7c6)c6ccccc56)cccc34)c3ccccc23)cc1. The van der Waals surface area contributed by atoms with Crippen molar-refractivity contribution in [2.24, 2.45) is 0 Å². The van der Waals surface area contributed by atoms with Crippen LogP contribution < -0.4 is 0 Å². The molecule has 2 heteroatoms. The number of nitrogens with zero attached hydrogens (tertiary/aromatic N) is 1. The Kier molecular flexibility index (Phi) is 8.02. The molecule has 0 bridgehead atoms. The summed E-state index contributed by atoms with van der Waals surface area (Å²) >= 11 is 0. The van der Waals surface area contributed by atoms with Gasteiger partial charge in [0.2, 0.25) is 0 Å². The van der Waals surface area contributed by atoms with E-state index in [2.05, 4.69) is 241 Å². The van der Waals surface area contributed by atoms with Crippen LogP contribution in [-0.4, -0.2) is 4.57 Å². The summed E-state index contributed by atoms with van der Waals surface area (Å²) < 4.78 is 9.57. The minimum Gasteiger partial charge on any atom is -0.455 e. The topological polar surface area (TPSA) is 18.1 Å². The molecule has 12 aromatic carbocycles. The van der Waals surface area contributed by atoms with Gasteiger partial charge in [-0.2, -0.15) is 0 Å². The minimum atomic E-state index is 0.877. The Labute approximate surface area is 380 Å². The summed E-state index contributed by atoms with van der Waals surface area (Å²) in [5.41, 5.74) is 14.9. The van der Waals surface area contributed by atoms with E-state index in [1.165, 1.54) is 98.3 Å². The van der Waals surface area contributed by atoms with Crippen LogP contribution in [0.15, 0.2) is 241 Å². The predicted octanol–water partition coefficient (Wildman–Crippen LogP) is 18.0. The fraction of sp³-hybridized carbons (Fsp3) is 0. The molecular formula is C64H39NO. The lowest BCUT2D eigenvalue weighted by Gasteiger charge is -2.18. The van der Waals surface area contributed by atoms with Crippen LogP contribution in [0, 0.1) is 0 Å². The highest BCUT2D eigenvalue weighted by atomic mass is 16.3. The fourth-order valence-corrected chi connectivity index (χ4v) is 11.2. The average Bonchev–Trinajstić information content (AvgIpc) is 3.93. The molecular weight excluding hydrogens is 799 g/mol. The monoisotopic (exact) mass is 837 g/mol. The molecule has 0 saturated carbocycles. The van der Waals surface area contributed by atoms with E-state index in [0.717, 1.165) is 38.8 Å². The Balaban J connectivity index is 0.988. The zero-order chi connectivity index (χ0) is 43.3. The lowest BCUT2D eigenvalue weighted by Crippen LogP contribution is -1.94. The van der Waals surface area contributed by atoms with Crippen molar-refractivity contribution in [1.82, 2.24) is 4.57 Å². The lowest BCUT2D eigenvalue weighted by atomic mass is 9.85. The Morgan fingerprint density at radius 2 is 0.682 bits per heavy atom. The van der Waals surface area contributed by atoms with Gasteiger partial charge in [0.15, 0.2) is 0 Å². The van der Waals surface area contributed by atoms with Gasteiger partial charge in [0, 0.05) is 38.4 Å². The summed E-state index contributed by atoms with van der Waals surface area (Å²) in [5.74, 6) is 0. The van der Waals surface area contributed by atoms with Gasteiger partial charge in [-0.15, -0.1) is 0 Å². The van der Waals surface area contributed by atoms with Gasteiger partial charge in [-0.1, -0.05) is 200 Å². The summed E-state index contributed by atoms with van der Waals surface area (Å²) in [5, 5.41) is 14.5. The van der Waals surface area contributed by atoms with Crippen molar-refractivity contribution in [1.29, 1.82) is 0 Å². The molecule has 0 atom stereocenters. The van der Waals surface area contributed by atoms with Crippen molar-refractivity contribution in [3.63, 3.8) is 0 Å². The molecule has 0 spiro atoms. The van der Waals surface area contributed by atoms with Gasteiger partial charge in [-0.25, -0.2) is 0 Å². The van der Waals surface area contributed by atoms with Crippen LogP contribution in [-0.2, 0) is 0 Å². The Morgan fingerprint density at radius 3 is 1.26 bits per heavy atom. The lowest BCUT2D eigenvalue weighted by molar-refractivity contribution is 0.670. The first-order chi connectivity index (χ1) is 32.8. The van der Waals surface area contributed by atoms with E-state index in [-0.39, 0.29) is 0 Å². The third-order valence-corrected chi connectivity index (χ3v) is 14.0. The zero-order valence-electron chi connectivity index (χ0n) is 35.9. The normalized spacial score (nSPS) is 11.9. The van der Waals surface area contributed by atoms with Crippen molar-refractivity contribution in [2.75, 3.05) is 0 Å². The third kappa shape index (κ3) is 5.36. The molecule has 2 heterocycles. The molecule has 0 saturated heterocycles. The molecule has 0 fully saturated rings. The first-order valence-electron chi connectivity index (χ1n) is 22.8. The molecule has 2 nitrogen and oxygen atoms in total. The van der Waals surface area contributed by atoms with Crippen LogP contribution in [0.1, 0.15) is 0 Å². The second-order valence-corrected chi connectivity index (χ2v) is 17.5. The van der Waals surface area contributed by atoms with Gasteiger partial charge in [0.1, 0.15) is 11.2 Å². The van der Waals surface area contributed by atoms with Gasteiger partial charge in [-0.05, 0) is 113 Å². The summed E-state index contributed by atoms with van der Waals surface area (Å²) in [4.78, 5) is 0. The molecule has 0 radical (unpaired) electrons. The first kappa shape index (κ1) is 36.7.